The first-order valence-corrected chi connectivity index (χ1v) is 11.8. The van der Waals surface area contributed by atoms with Gasteiger partial charge in [0.1, 0.15) is 0 Å². The van der Waals surface area contributed by atoms with Gasteiger partial charge in [0.25, 0.3) is 5.91 Å². The number of H-pyrrole nitrogens is 2. The number of hydrogen-bond donors (Lipinski definition) is 3. The van der Waals surface area contributed by atoms with Gasteiger partial charge in [0, 0.05) is 48.9 Å². The van der Waals surface area contributed by atoms with E-state index in [2.05, 4.69) is 31.5 Å². The summed E-state index contributed by atoms with van der Waals surface area (Å²) in [5.74, 6) is 0.142. The lowest BCUT2D eigenvalue weighted by Gasteiger charge is -2.30. The number of carbonyl (C=O) groups excluding carboxylic acids is 2. The first-order chi connectivity index (χ1) is 17.0. The van der Waals surface area contributed by atoms with Gasteiger partial charge < -0.3 is 19.9 Å². The molecular formula is C25H25ClN6O3. The molecule has 0 atom stereocenters. The number of methoxy groups -OCH3 is 1. The Balaban J connectivity index is 1.16. The molecule has 9 nitrogen and oxygen atoms in total. The number of hydrogen-bond acceptors (Lipinski definition) is 5. The van der Waals surface area contributed by atoms with Gasteiger partial charge in [-0.05, 0) is 48.1 Å². The Morgan fingerprint density at radius 3 is 2.83 bits per heavy atom. The third-order valence-corrected chi connectivity index (χ3v) is 6.67. The van der Waals surface area contributed by atoms with Crippen LogP contribution < -0.4 is 10.1 Å². The van der Waals surface area contributed by atoms with Crippen LogP contribution >= 0.6 is 11.6 Å². The average molecular weight is 493 g/mol. The maximum absolute atomic E-state index is 13.0. The van der Waals surface area contributed by atoms with Crippen molar-refractivity contribution in [2.75, 3.05) is 20.2 Å². The van der Waals surface area contributed by atoms with Crippen molar-refractivity contribution < 1.29 is 14.3 Å². The van der Waals surface area contributed by atoms with Gasteiger partial charge in [-0.2, -0.15) is 5.10 Å². The number of ether oxygens (including phenoxy) is 1. The molecule has 0 radical (unpaired) electrons. The van der Waals surface area contributed by atoms with Crippen LogP contribution in [0.1, 0.15) is 28.9 Å². The summed E-state index contributed by atoms with van der Waals surface area (Å²) >= 11 is 6.26. The summed E-state index contributed by atoms with van der Waals surface area (Å²) in [4.78, 5) is 34.7. The summed E-state index contributed by atoms with van der Waals surface area (Å²) in [6, 6.07) is 11.5. The van der Waals surface area contributed by atoms with Crippen LogP contribution in [0.25, 0.3) is 22.2 Å². The second-order valence-corrected chi connectivity index (χ2v) is 8.96. The summed E-state index contributed by atoms with van der Waals surface area (Å²) in [7, 11) is 1.52. The van der Waals surface area contributed by atoms with Crippen LogP contribution in [-0.4, -0.2) is 57.1 Å². The molecule has 1 aliphatic rings. The van der Waals surface area contributed by atoms with E-state index in [1.807, 2.05) is 24.4 Å². The van der Waals surface area contributed by atoms with Crippen molar-refractivity contribution in [3.63, 3.8) is 0 Å². The van der Waals surface area contributed by atoms with Crippen molar-refractivity contribution in [3.8, 4) is 17.1 Å². The maximum atomic E-state index is 13.0. The van der Waals surface area contributed by atoms with Gasteiger partial charge in [0.15, 0.2) is 5.69 Å². The van der Waals surface area contributed by atoms with Gasteiger partial charge in [-0.3, -0.25) is 14.7 Å². The van der Waals surface area contributed by atoms with Crippen LogP contribution in [0.5, 0.6) is 5.88 Å². The topological polar surface area (TPSA) is 116 Å². The van der Waals surface area contributed by atoms with E-state index in [0.29, 0.717) is 60.3 Å². The monoisotopic (exact) mass is 492 g/mol. The molecule has 3 N–H and O–H groups in total. The normalized spacial score (nSPS) is 14.3. The summed E-state index contributed by atoms with van der Waals surface area (Å²) in [6.45, 7) is 1.48. The predicted molar refractivity (Wildman–Crippen MR) is 132 cm³/mol. The summed E-state index contributed by atoms with van der Waals surface area (Å²) < 4.78 is 5.15. The Labute approximate surface area is 206 Å². The zero-order chi connectivity index (χ0) is 24.4. The van der Waals surface area contributed by atoms with Gasteiger partial charge in [0.05, 0.1) is 24.0 Å². The summed E-state index contributed by atoms with van der Waals surface area (Å²) in [6.07, 6.45) is 4.61. The Hall–Kier alpha value is -3.85. The van der Waals surface area contributed by atoms with Crippen LogP contribution in [0.4, 0.5) is 0 Å². The lowest BCUT2D eigenvalue weighted by Crippen LogP contribution is -2.43. The molecule has 1 saturated heterocycles. The van der Waals surface area contributed by atoms with Crippen LogP contribution in [0.2, 0.25) is 5.02 Å². The molecule has 4 aromatic rings. The van der Waals surface area contributed by atoms with Gasteiger partial charge in [-0.1, -0.05) is 17.7 Å². The lowest BCUT2D eigenvalue weighted by molar-refractivity contribution is -0.126. The van der Waals surface area contributed by atoms with Crippen molar-refractivity contribution in [2.24, 2.45) is 5.92 Å². The molecule has 2 amide bonds. The molecule has 5 rings (SSSR count). The van der Waals surface area contributed by atoms with Crippen molar-refractivity contribution in [1.82, 2.24) is 30.4 Å². The zero-order valence-electron chi connectivity index (χ0n) is 19.2. The fourth-order valence-corrected chi connectivity index (χ4v) is 4.56. The fourth-order valence-electron chi connectivity index (χ4n) is 4.36. The van der Waals surface area contributed by atoms with Crippen LogP contribution in [0.15, 0.2) is 48.8 Å². The highest BCUT2D eigenvalue weighted by atomic mass is 35.5. The Morgan fingerprint density at radius 1 is 1.20 bits per heavy atom. The minimum absolute atomic E-state index is 0.0228. The van der Waals surface area contributed by atoms with Gasteiger partial charge >= 0.3 is 0 Å². The quantitative estimate of drug-likeness (QED) is 0.379. The van der Waals surface area contributed by atoms with E-state index < -0.39 is 0 Å². The van der Waals surface area contributed by atoms with Crippen molar-refractivity contribution >= 4 is 34.3 Å². The fraction of sp³-hybridized carbons (Fsp3) is 0.280. The minimum atomic E-state index is -0.177. The van der Waals surface area contributed by atoms with E-state index >= 15 is 0 Å². The lowest BCUT2D eigenvalue weighted by atomic mass is 9.95. The van der Waals surface area contributed by atoms with Crippen LogP contribution in [0, 0.1) is 5.92 Å². The number of benzene rings is 1. The van der Waals surface area contributed by atoms with Crippen molar-refractivity contribution in [1.29, 1.82) is 0 Å². The number of aromatic nitrogens is 4. The van der Waals surface area contributed by atoms with Crippen molar-refractivity contribution in [2.45, 2.75) is 19.4 Å². The van der Waals surface area contributed by atoms with E-state index in [1.54, 1.807) is 17.0 Å². The molecule has 0 spiro atoms. The largest absolute Gasteiger partial charge is 0.481 e. The van der Waals surface area contributed by atoms with E-state index in [1.165, 1.54) is 13.3 Å². The van der Waals surface area contributed by atoms with Crippen molar-refractivity contribution in [3.05, 3.63) is 65.1 Å². The number of likely N-dealkylation sites (tertiary alicyclic amines) is 1. The summed E-state index contributed by atoms with van der Waals surface area (Å²) in [5, 5.41) is 11.6. The molecule has 35 heavy (non-hydrogen) atoms. The molecule has 4 heterocycles. The van der Waals surface area contributed by atoms with Gasteiger partial charge in [0.2, 0.25) is 11.8 Å². The first kappa shape index (κ1) is 22.9. The third kappa shape index (κ3) is 4.85. The minimum Gasteiger partial charge on any atom is -0.481 e. The number of nitrogens with zero attached hydrogens (tertiary/aromatic N) is 3. The number of carbonyl (C=O) groups is 2. The molecule has 0 bridgehead atoms. The average Bonchev–Trinajstić information content (AvgIpc) is 3.57. The molecule has 1 aliphatic heterocycles. The Kier molecular flexibility index (Phi) is 6.41. The van der Waals surface area contributed by atoms with E-state index in [4.69, 9.17) is 16.3 Å². The highest BCUT2D eigenvalue weighted by Gasteiger charge is 2.29. The third-order valence-electron chi connectivity index (χ3n) is 6.36. The number of fused-ring (bicyclic) bond motifs is 1. The number of rotatable bonds is 6. The molecule has 0 saturated carbocycles. The molecule has 0 aliphatic carbocycles. The van der Waals surface area contributed by atoms with E-state index in [9.17, 15) is 9.59 Å². The number of pyridine rings is 1. The van der Waals surface area contributed by atoms with E-state index in [-0.39, 0.29) is 17.7 Å². The molecular weight excluding hydrogens is 468 g/mol. The smallest absolute Gasteiger partial charge is 0.274 e. The molecule has 3 aromatic heterocycles. The van der Waals surface area contributed by atoms with Gasteiger partial charge in [-0.25, -0.2) is 4.98 Å². The number of aromatic amines is 2. The number of amides is 2. The highest BCUT2D eigenvalue weighted by Crippen LogP contribution is 2.29. The van der Waals surface area contributed by atoms with E-state index in [0.717, 1.165) is 16.5 Å². The molecule has 10 heteroatoms. The highest BCUT2D eigenvalue weighted by molar-refractivity contribution is 6.33. The van der Waals surface area contributed by atoms with Gasteiger partial charge in [-0.15, -0.1) is 0 Å². The Morgan fingerprint density at radius 2 is 2.03 bits per heavy atom. The zero-order valence-corrected chi connectivity index (χ0v) is 19.9. The van der Waals surface area contributed by atoms with Crippen LogP contribution in [0.3, 0.4) is 0 Å². The standard InChI is InChI=1S/C25H25ClN6O3/c1-35-23-11-18(19(26)14-28-23)21-12-22(31-30-21)25(34)32-8-5-16(6-9-32)24(33)29-13-15-2-3-20-17(10-15)4-7-27-20/h2-4,7,10-12,14,16,27H,5-6,8-9,13H2,1H3,(H,29,33)(H,30,31). The first-order valence-electron chi connectivity index (χ1n) is 11.4. The predicted octanol–water partition coefficient (Wildman–Crippen LogP) is 3.78. The SMILES string of the molecule is COc1cc(-c2cc(C(=O)N3CCC(C(=O)NCc4ccc5[nH]ccc5c4)CC3)n[nH]2)c(Cl)cn1. The molecule has 180 valence electrons. The Bertz CT molecular complexity index is 1370. The van der Waals surface area contributed by atoms with Crippen LogP contribution in [-0.2, 0) is 11.3 Å². The second kappa shape index (κ2) is 9.79. The number of nitrogens with one attached hydrogen (secondary N) is 3. The maximum Gasteiger partial charge on any atom is 0.274 e. The molecule has 1 aromatic carbocycles. The second-order valence-electron chi connectivity index (χ2n) is 8.56. The summed E-state index contributed by atoms with van der Waals surface area (Å²) in [5.41, 5.74) is 3.68. The molecule has 1 fully saturated rings. The molecule has 0 unspecified atom stereocenters. The number of piperidine rings is 1. The number of halogens is 1.